The van der Waals surface area contributed by atoms with Crippen LogP contribution in [-0.4, -0.2) is 14.8 Å². The Kier molecular flexibility index (Phi) is 3.87. The second-order valence-corrected chi connectivity index (χ2v) is 4.21. The summed E-state index contributed by atoms with van der Waals surface area (Å²) < 4.78 is -0.361. The van der Waals surface area contributed by atoms with Crippen LogP contribution < -0.4 is 0 Å². The molecule has 1 rings (SSSR count). The normalized spacial score (nSPS) is 15.0. The van der Waals surface area contributed by atoms with E-state index in [2.05, 4.69) is 0 Å². The molecule has 0 bridgehead atoms. The van der Waals surface area contributed by atoms with Crippen molar-refractivity contribution in [2.45, 2.75) is 17.0 Å². The summed E-state index contributed by atoms with van der Waals surface area (Å²) >= 11 is 1.96. The molecule has 1 aromatic rings. The van der Waals surface area contributed by atoms with Crippen LogP contribution in [0.4, 0.5) is 0 Å². The molecule has 0 aliphatic rings. The number of Topliss-reactive ketones (excluding diaryl/α,β-unsaturated/α-hetero) is 1. The van der Waals surface area contributed by atoms with Gasteiger partial charge in [-0.2, -0.15) is 0 Å². The van der Waals surface area contributed by atoms with E-state index < -0.39 is 6.10 Å². The Bertz CT molecular complexity index is 284. The van der Waals surface area contributed by atoms with Crippen molar-refractivity contribution in [2.75, 3.05) is 0 Å². The van der Waals surface area contributed by atoms with Gasteiger partial charge >= 0.3 is 0 Å². The van der Waals surface area contributed by atoms with Crippen LogP contribution >= 0.6 is 22.6 Å². The van der Waals surface area contributed by atoms with E-state index in [1.807, 2.05) is 52.9 Å². The maximum atomic E-state index is 11.0. The fourth-order valence-corrected chi connectivity index (χ4v) is 1.46. The van der Waals surface area contributed by atoms with Crippen LogP contribution in [0.1, 0.15) is 18.6 Å². The molecule has 0 heterocycles. The van der Waals surface area contributed by atoms with Crippen molar-refractivity contribution < 1.29 is 9.90 Å². The first-order valence-electron chi connectivity index (χ1n) is 4.00. The van der Waals surface area contributed by atoms with Gasteiger partial charge in [-0.05, 0) is 12.5 Å². The number of hydrogen-bond donors (Lipinski definition) is 1. The molecule has 3 heteroatoms. The molecular weight excluding hydrogens is 279 g/mol. The standard InChI is InChI=1S/C10H11IO2/c1-7(12)9(11)10(13)8-5-3-2-4-6-8/h2-6,9-10,13H,1H3/t9-,10+/m0/s1. The molecule has 2 atom stereocenters. The van der Waals surface area contributed by atoms with Gasteiger partial charge in [0.15, 0.2) is 0 Å². The number of halogens is 1. The SMILES string of the molecule is CC(=O)[C@H](I)[C@H](O)c1ccccc1. The van der Waals surface area contributed by atoms with E-state index in [9.17, 15) is 9.90 Å². The summed E-state index contributed by atoms with van der Waals surface area (Å²) in [5.41, 5.74) is 0.789. The highest BCUT2D eigenvalue weighted by atomic mass is 127. The molecule has 13 heavy (non-hydrogen) atoms. The number of carbonyl (C=O) groups excluding carboxylic acids is 1. The highest BCUT2D eigenvalue weighted by Gasteiger charge is 2.21. The lowest BCUT2D eigenvalue weighted by atomic mass is 10.1. The van der Waals surface area contributed by atoms with Crippen LogP contribution in [0.25, 0.3) is 0 Å². The molecule has 0 amide bonds. The van der Waals surface area contributed by atoms with Gasteiger partial charge in [-0.3, -0.25) is 4.79 Å². The Balaban J connectivity index is 2.79. The van der Waals surface area contributed by atoms with Gasteiger partial charge in [0.25, 0.3) is 0 Å². The number of alkyl halides is 1. The summed E-state index contributed by atoms with van der Waals surface area (Å²) in [5.74, 6) is -0.00282. The number of hydrogen-bond acceptors (Lipinski definition) is 2. The molecular formula is C10H11IO2. The Morgan fingerprint density at radius 3 is 2.38 bits per heavy atom. The van der Waals surface area contributed by atoms with Crippen molar-refractivity contribution in [1.29, 1.82) is 0 Å². The van der Waals surface area contributed by atoms with Gasteiger partial charge in [-0.1, -0.05) is 52.9 Å². The second-order valence-electron chi connectivity index (χ2n) is 2.87. The number of carbonyl (C=O) groups is 1. The van der Waals surface area contributed by atoms with Gasteiger partial charge in [0.05, 0.1) is 10.0 Å². The number of aliphatic hydroxyl groups is 1. The van der Waals surface area contributed by atoms with E-state index in [0.717, 1.165) is 5.56 Å². The topological polar surface area (TPSA) is 37.3 Å². The van der Waals surface area contributed by atoms with Crippen molar-refractivity contribution >= 4 is 28.4 Å². The van der Waals surface area contributed by atoms with E-state index in [-0.39, 0.29) is 9.71 Å². The minimum absolute atomic E-state index is 0.00282. The van der Waals surface area contributed by atoms with Crippen molar-refractivity contribution in [2.24, 2.45) is 0 Å². The highest BCUT2D eigenvalue weighted by Crippen LogP contribution is 2.22. The largest absolute Gasteiger partial charge is 0.387 e. The summed E-state index contributed by atoms with van der Waals surface area (Å²) in [6, 6.07) is 9.22. The predicted octanol–water partition coefficient (Wildman–Crippen LogP) is 2.11. The summed E-state index contributed by atoms with van der Waals surface area (Å²) in [6.07, 6.45) is -0.695. The summed E-state index contributed by atoms with van der Waals surface area (Å²) in [6.45, 7) is 1.49. The van der Waals surface area contributed by atoms with Crippen molar-refractivity contribution in [3.63, 3.8) is 0 Å². The third-order valence-corrected chi connectivity index (χ3v) is 3.36. The van der Waals surface area contributed by atoms with Crippen LogP contribution in [0.15, 0.2) is 30.3 Å². The lowest BCUT2D eigenvalue weighted by Gasteiger charge is -2.14. The van der Waals surface area contributed by atoms with Gasteiger partial charge in [0.1, 0.15) is 5.78 Å². The molecule has 0 spiro atoms. The van der Waals surface area contributed by atoms with Crippen LogP contribution in [-0.2, 0) is 4.79 Å². The summed E-state index contributed by atoms with van der Waals surface area (Å²) in [5, 5.41) is 9.73. The molecule has 0 aliphatic heterocycles. The Morgan fingerprint density at radius 2 is 1.92 bits per heavy atom. The molecule has 0 unspecified atom stereocenters. The zero-order chi connectivity index (χ0) is 9.84. The molecule has 2 nitrogen and oxygen atoms in total. The zero-order valence-corrected chi connectivity index (χ0v) is 9.43. The van der Waals surface area contributed by atoms with E-state index in [1.165, 1.54) is 6.92 Å². The number of ketones is 1. The maximum absolute atomic E-state index is 11.0. The van der Waals surface area contributed by atoms with Gasteiger partial charge in [-0.25, -0.2) is 0 Å². The smallest absolute Gasteiger partial charge is 0.145 e. The van der Waals surface area contributed by atoms with Crippen molar-refractivity contribution in [3.8, 4) is 0 Å². The molecule has 0 saturated heterocycles. The second kappa shape index (κ2) is 4.72. The quantitative estimate of drug-likeness (QED) is 0.684. The van der Waals surface area contributed by atoms with Gasteiger partial charge in [0, 0.05) is 0 Å². The monoisotopic (exact) mass is 290 g/mol. The highest BCUT2D eigenvalue weighted by molar-refractivity contribution is 14.1. The Morgan fingerprint density at radius 1 is 1.38 bits per heavy atom. The fraction of sp³-hybridized carbons (Fsp3) is 0.300. The van der Waals surface area contributed by atoms with E-state index in [1.54, 1.807) is 0 Å². The molecule has 0 fully saturated rings. The Labute approximate surface area is 91.1 Å². The average Bonchev–Trinajstić information content (AvgIpc) is 2.17. The molecule has 0 aliphatic carbocycles. The first-order valence-corrected chi connectivity index (χ1v) is 5.25. The Hall–Kier alpha value is -0.420. The first kappa shape index (κ1) is 10.7. The van der Waals surface area contributed by atoms with Crippen LogP contribution in [0.5, 0.6) is 0 Å². The number of benzene rings is 1. The number of rotatable bonds is 3. The van der Waals surface area contributed by atoms with Gasteiger partial charge in [0.2, 0.25) is 0 Å². The molecule has 0 aromatic heterocycles. The summed E-state index contributed by atoms with van der Waals surface area (Å²) in [7, 11) is 0. The minimum Gasteiger partial charge on any atom is -0.387 e. The van der Waals surface area contributed by atoms with Crippen molar-refractivity contribution in [1.82, 2.24) is 0 Å². The average molecular weight is 290 g/mol. The number of aliphatic hydroxyl groups excluding tert-OH is 1. The van der Waals surface area contributed by atoms with E-state index in [4.69, 9.17) is 0 Å². The van der Waals surface area contributed by atoms with Crippen LogP contribution in [0, 0.1) is 0 Å². The molecule has 70 valence electrons. The van der Waals surface area contributed by atoms with Crippen LogP contribution in [0.3, 0.4) is 0 Å². The van der Waals surface area contributed by atoms with Gasteiger partial charge in [-0.15, -0.1) is 0 Å². The van der Waals surface area contributed by atoms with E-state index >= 15 is 0 Å². The van der Waals surface area contributed by atoms with Crippen LogP contribution in [0.2, 0.25) is 0 Å². The molecule has 0 saturated carbocycles. The van der Waals surface area contributed by atoms with E-state index in [0.29, 0.717) is 0 Å². The minimum atomic E-state index is -0.695. The van der Waals surface area contributed by atoms with Gasteiger partial charge < -0.3 is 5.11 Å². The fourth-order valence-electron chi connectivity index (χ4n) is 1.04. The summed E-state index contributed by atoms with van der Waals surface area (Å²) in [4.78, 5) is 11.0. The lowest BCUT2D eigenvalue weighted by Crippen LogP contribution is -2.19. The molecule has 0 radical (unpaired) electrons. The maximum Gasteiger partial charge on any atom is 0.145 e. The van der Waals surface area contributed by atoms with Crippen molar-refractivity contribution in [3.05, 3.63) is 35.9 Å². The third kappa shape index (κ3) is 2.77. The third-order valence-electron chi connectivity index (χ3n) is 1.81. The first-order chi connectivity index (χ1) is 6.13. The lowest BCUT2D eigenvalue weighted by molar-refractivity contribution is -0.117. The molecule has 1 aromatic carbocycles. The molecule has 1 N–H and O–H groups in total. The predicted molar refractivity (Wildman–Crippen MR) is 59.9 cm³/mol. The zero-order valence-electron chi connectivity index (χ0n) is 7.27.